The first-order valence-electron chi connectivity index (χ1n) is 7.06. The second kappa shape index (κ2) is 4.58. The Hall–Kier alpha value is -1.90. The lowest BCUT2D eigenvalue weighted by Gasteiger charge is -2.33. The second-order valence-electron chi connectivity index (χ2n) is 6.45. The van der Waals surface area contributed by atoms with Crippen molar-refractivity contribution in [3.63, 3.8) is 0 Å². The Morgan fingerprint density at radius 2 is 1.95 bits per heavy atom. The van der Waals surface area contributed by atoms with Gasteiger partial charge in [-0.1, -0.05) is 26.8 Å². The fraction of sp³-hybridized carbons (Fsp3) is 0.412. The van der Waals surface area contributed by atoms with E-state index in [0.29, 0.717) is 0 Å². The van der Waals surface area contributed by atoms with E-state index in [4.69, 9.17) is 9.15 Å². The molecule has 1 aliphatic rings. The summed E-state index contributed by atoms with van der Waals surface area (Å²) in [6, 6.07) is 10.4. The lowest BCUT2D eigenvalue weighted by Crippen LogP contribution is -2.32. The van der Waals surface area contributed by atoms with Crippen molar-refractivity contribution in [1.82, 2.24) is 0 Å². The third-order valence-electron chi connectivity index (χ3n) is 3.76. The zero-order chi connectivity index (χ0) is 14.3. The van der Waals surface area contributed by atoms with Gasteiger partial charge < -0.3 is 14.5 Å². The molecule has 0 amide bonds. The number of ether oxygens (including phenoxy) is 1. The van der Waals surface area contributed by atoms with Gasteiger partial charge in [-0.2, -0.15) is 0 Å². The Balaban J connectivity index is 1.93. The van der Waals surface area contributed by atoms with Crippen LogP contribution in [-0.2, 0) is 5.41 Å². The highest BCUT2D eigenvalue weighted by Gasteiger charge is 2.30. The van der Waals surface area contributed by atoms with Gasteiger partial charge in [0.25, 0.3) is 0 Å². The Morgan fingerprint density at radius 1 is 1.15 bits per heavy atom. The zero-order valence-corrected chi connectivity index (χ0v) is 12.4. The van der Waals surface area contributed by atoms with Gasteiger partial charge in [-0.15, -0.1) is 0 Å². The van der Waals surface area contributed by atoms with E-state index in [0.717, 1.165) is 17.2 Å². The molecule has 0 aliphatic carbocycles. The molecule has 0 fully saturated rings. The quantitative estimate of drug-likeness (QED) is 0.828. The minimum Gasteiger partial charge on any atom is -0.478 e. The van der Waals surface area contributed by atoms with Crippen molar-refractivity contribution in [2.75, 3.05) is 5.32 Å². The molecule has 0 saturated heterocycles. The van der Waals surface area contributed by atoms with E-state index < -0.39 is 0 Å². The maximum absolute atomic E-state index is 6.10. The van der Waals surface area contributed by atoms with Gasteiger partial charge in [0.2, 0.25) is 0 Å². The molecule has 1 aromatic heterocycles. The molecule has 1 aliphatic heterocycles. The molecule has 0 spiro atoms. The zero-order valence-electron chi connectivity index (χ0n) is 12.4. The van der Waals surface area contributed by atoms with Gasteiger partial charge in [0.1, 0.15) is 11.5 Å². The van der Waals surface area contributed by atoms with Crippen LogP contribution in [0.5, 0.6) is 5.75 Å². The molecule has 106 valence electrons. The van der Waals surface area contributed by atoms with Gasteiger partial charge >= 0.3 is 0 Å². The van der Waals surface area contributed by atoms with Gasteiger partial charge in [-0.05, 0) is 42.2 Å². The summed E-state index contributed by atoms with van der Waals surface area (Å²) < 4.78 is 11.6. The van der Waals surface area contributed by atoms with Crippen LogP contribution in [0, 0.1) is 0 Å². The molecular weight excluding hydrogens is 250 g/mol. The van der Waals surface area contributed by atoms with Crippen molar-refractivity contribution in [2.45, 2.75) is 45.3 Å². The summed E-state index contributed by atoms with van der Waals surface area (Å²) in [4.78, 5) is 0. The smallest absolute Gasteiger partial charge is 0.176 e. The summed E-state index contributed by atoms with van der Waals surface area (Å²) in [6.45, 7) is 8.76. The van der Waals surface area contributed by atoms with E-state index in [2.05, 4.69) is 45.1 Å². The fourth-order valence-electron chi connectivity index (χ4n) is 2.53. The van der Waals surface area contributed by atoms with Crippen LogP contribution < -0.4 is 10.1 Å². The molecule has 1 aromatic carbocycles. The Kier molecular flexibility index (Phi) is 3.00. The van der Waals surface area contributed by atoms with Crippen molar-refractivity contribution in [2.24, 2.45) is 0 Å². The number of rotatable bonds is 1. The minimum atomic E-state index is -0.0852. The SMILES string of the molecule is CC1Nc2cc(C(C)(C)C)ccc2OC1c1ccco1. The number of nitrogens with one attached hydrogen (secondary N) is 1. The molecule has 3 heteroatoms. The predicted octanol–water partition coefficient (Wildman–Crippen LogP) is 4.51. The topological polar surface area (TPSA) is 34.4 Å². The van der Waals surface area contributed by atoms with Gasteiger partial charge in [-0.3, -0.25) is 0 Å². The molecule has 0 bridgehead atoms. The molecule has 20 heavy (non-hydrogen) atoms. The standard InChI is InChI=1S/C17H21NO2/c1-11-16(15-6-5-9-19-15)20-14-8-7-12(17(2,3)4)10-13(14)18-11/h5-11,16,18H,1-4H3. The van der Waals surface area contributed by atoms with Crippen LogP contribution in [-0.4, -0.2) is 6.04 Å². The van der Waals surface area contributed by atoms with Gasteiger partial charge in [-0.25, -0.2) is 0 Å². The Morgan fingerprint density at radius 3 is 2.60 bits per heavy atom. The highest BCUT2D eigenvalue weighted by Crippen LogP contribution is 2.39. The van der Waals surface area contributed by atoms with Crippen molar-refractivity contribution in [3.8, 4) is 5.75 Å². The lowest BCUT2D eigenvalue weighted by atomic mass is 9.86. The number of benzene rings is 1. The molecule has 0 radical (unpaired) electrons. The van der Waals surface area contributed by atoms with Crippen LogP contribution in [0.15, 0.2) is 41.0 Å². The number of furan rings is 1. The summed E-state index contributed by atoms with van der Waals surface area (Å²) in [5, 5.41) is 3.53. The van der Waals surface area contributed by atoms with Crippen LogP contribution in [0.25, 0.3) is 0 Å². The third kappa shape index (κ3) is 2.28. The maximum atomic E-state index is 6.10. The highest BCUT2D eigenvalue weighted by molar-refractivity contribution is 5.61. The first kappa shape index (κ1) is 13.1. The van der Waals surface area contributed by atoms with Gasteiger partial charge in [0, 0.05) is 0 Å². The molecule has 3 nitrogen and oxygen atoms in total. The molecule has 2 aromatic rings. The molecule has 0 saturated carbocycles. The summed E-state index contributed by atoms with van der Waals surface area (Å²) >= 11 is 0. The maximum Gasteiger partial charge on any atom is 0.176 e. The molecule has 1 N–H and O–H groups in total. The van der Waals surface area contributed by atoms with Gasteiger partial charge in [0.15, 0.2) is 6.10 Å². The molecule has 2 unspecified atom stereocenters. The second-order valence-corrected chi connectivity index (χ2v) is 6.45. The van der Waals surface area contributed by atoms with Crippen molar-refractivity contribution in [3.05, 3.63) is 47.9 Å². The summed E-state index contributed by atoms with van der Waals surface area (Å²) in [5.41, 5.74) is 2.50. The number of hydrogen-bond donors (Lipinski definition) is 1. The summed E-state index contributed by atoms with van der Waals surface area (Å²) in [5.74, 6) is 1.74. The molecular formula is C17H21NO2. The van der Waals surface area contributed by atoms with E-state index in [1.807, 2.05) is 18.2 Å². The third-order valence-corrected chi connectivity index (χ3v) is 3.76. The molecule has 2 heterocycles. The average molecular weight is 271 g/mol. The van der Waals surface area contributed by atoms with E-state index in [1.165, 1.54) is 5.56 Å². The monoisotopic (exact) mass is 271 g/mol. The predicted molar refractivity (Wildman–Crippen MR) is 80.3 cm³/mol. The largest absolute Gasteiger partial charge is 0.478 e. The normalized spacial score (nSPS) is 21.8. The van der Waals surface area contributed by atoms with Crippen molar-refractivity contribution < 1.29 is 9.15 Å². The van der Waals surface area contributed by atoms with E-state index in [9.17, 15) is 0 Å². The number of fused-ring (bicyclic) bond motifs is 1. The fourth-order valence-corrected chi connectivity index (χ4v) is 2.53. The molecule has 3 rings (SSSR count). The van der Waals surface area contributed by atoms with Crippen LogP contribution in [0.3, 0.4) is 0 Å². The summed E-state index contributed by atoms with van der Waals surface area (Å²) in [6.07, 6.45) is 1.60. The molecule has 2 atom stereocenters. The first-order valence-corrected chi connectivity index (χ1v) is 7.06. The Labute approximate surface area is 119 Å². The lowest BCUT2D eigenvalue weighted by molar-refractivity contribution is 0.150. The number of anilines is 1. The van der Waals surface area contributed by atoms with Gasteiger partial charge in [0.05, 0.1) is 18.0 Å². The van der Waals surface area contributed by atoms with Crippen LogP contribution in [0.4, 0.5) is 5.69 Å². The van der Waals surface area contributed by atoms with E-state index in [-0.39, 0.29) is 17.6 Å². The average Bonchev–Trinajstić information content (AvgIpc) is 2.89. The van der Waals surface area contributed by atoms with E-state index >= 15 is 0 Å². The number of hydrogen-bond acceptors (Lipinski definition) is 3. The summed E-state index contributed by atoms with van der Waals surface area (Å²) in [7, 11) is 0. The Bertz CT molecular complexity index is 596. The van der Waals surface area contributed by atoms with E-state index in [1.54, 1.807) is 6.26 Å². The minimum absolute atomic E-state index is 0.0852. The van der Waals surface area contributed by atoms with Crippen LogP contribution in [0.2, 0.25) is 0 Å². The van der Waals surface area contributed by atoms with Crippen molar-refractivity contribution >= 4 is 5.69 Å². The van der Waals surface area contributed by atoms with Crippen LogP contribution in [0.1, 0.15) is 45.1 Å². The van der Waals surface area contributed by atoms with Crippen molar-refractivity contribution in [1.29, 1.82) is 0 Å². The highest BCUT2D eigenvalue weighted by atomic mass is 16.5. The van der Waals surface area contributed by atoms with Crippen LogP contribution >= 0.6 is 0 Å². The first-order chi connectivity index (χ1) is 9.45.